The van der Waals surface area contributed by atoms with Gasteiger partial charge in [0.1, 0.15) is 18.5 Å². The number of aromatic nitrogens is 3. The van der Waals surface area contributed by atoms with Crippen molar-refractivity contribution >= 4 is 17.8 Å². The molecule has 0 saturated carbocycles. The second-order valence-corrected chi connectivity index (χ2v) is 11.3. The lowest BCUT2D eigenvalue weighted by Crippen LogP contribution is -2.58. The van der Waals surface area contributed by atoms with Crippen molar-refractivity contribution in [1.29, 1.82) is 0 Å². The van der Waals surface area contributed by atoms with Crippen LogP contribution in [-0.2, 0) is 22.4 Å². The third kappa shape index (κ3) is 9.25. The summed E-state index contributed by atoms with van der Waals surface area (Å²) < 4.78 is 11.3. The van der Waals surface area contributed by atoms with E-state index in [-0.39, 0.29) is 24.5 Å². The molecule has 230 valence electrons. The van der Waals surface area contributed by atoms with Gasteiger partial charge in [0.2, 0.25) is 5.88 Å². The molecule has 0 spiro atoms. The van der Waals surface area contributed by atoms with Gasteiger partial charge in [0, 0.05) is 25.3 Å². The number of nitrogens with zero attached hydrogens (tertiary/aromatic N) is 5. The maximum absolute atomic E-state index is 13.0. The van der Waals surface area contributed by atoms with Crippen LogP contribution in [0.1, 0.15) is 56.5 Å². The van der Waals surface area contributed by atoms with Crippen LogP contribution < -0.4 is 15.4 Å². The zero-order valence-corrected chi connectivity index (χ0v) is 25.1. The molecular formula is C30H45N7O5. The lowest BCUT2D eigenvalue weighted by atomic mass is 10.1. The van der Waals surface area contributed by atoms with Crippen LogP contribution >= 0.6 is 0 Å². The number of morpholine rings is 1. The molecule has 3 N–H and O–H groups in total. The van der Waals surface area contributed by atoms with E-state index in [4.69, 9.17) is 14.5 Å². The van der Waals surface area contributed by atoms with Crippen LogP contribution in [0, 0.1) is 6.92 Å². The van der Waals surface area contributed by atoms with E-state index in [2.05, 4.69) is 37.6 Å². The van der Waals surface area contributed by atoms with Crippen molar-refractivity contribution < 1.29 is 24.2 Å². The zero-order valence-electron chi connectivity index (χ0n) is 25.1. The summed E-state index contributed by atoms with van der Waals surface area (Å²) in [6.45, 7) is 9.77. The van der Waals surface area contributed by atoms with Crippen molar-refractivity contribution in [3.05, 3.63) is 41.5 Å². The molecule has 2 aliphatic rings. The summed E-state index contributed by atoms with van der Waals surface area (Å²) >= 11 is 0. The number of anilines is 1. The number of aryl methyl sites for hydroxylation is 3. The van der Waals surface area contributed by atoms with E-state index in [1.807, 2.05) is 20.8 Å². The van der Waals surface area contributed by atoms with E-state index in [1.165, 1.54) is 5.56 Å². The number of unbranched alkanes of at least 4 members (excludes halogenated alkanes) is 1. The summed E-state index contributed by atoms with van der Waals surface area (Å²) in [7, 11) is 0. The van der Waals surface area contributed by atoms with Crippen LogP contribution in [0.4, 0.5) is 10.6 Å². The first-order valence-corrected chi connectivity index (χ1v) is 15.1. The highest BCUT2D eigenvalue weighted by molar-refractivity contribution is 5.83. The first-order chi connectivity index (χ1) is 20.3. The number of carbonyl (C=O) groups is 2. The van der Waals surface area contributed by atoms with Gasteiger partial charge in [-0.1, -0.05) is 6.07 Å². The molecule has 12 nitrogen and oxygen atoms in total. The number of amides is 2. The van der Waals surface area contributed by atoms with E-state index < -0.39 is 12.0 Å². The van der Waals surface area contributed by atoms with Gasteiger partial charge >= 0.3 is 12.0 Å². The number of hydrogen-bond donors (Lipinski definition) is 3. The summed E-state index contributed by atoms with van der Waals surface area (Å²) in [5.41, 5.74) is 3.18. The van der Waals surface area contributed by atoms with Crippen molar-refractivity contribution in [2.24, 2.45) is 0 Å². The molecule has 2 aliphatic heterocycles. The number of urea groups is 1. The van der Waals surface area contributed by atoms with E-state index in [0.29, 0.717) is 38.8 Å². The first-order valence-electron chi connectivity index (χ1n) is 15.1. The van der Waals surface area contributed by atoms with Gasteiger partial charge in [-0.05, 0) is 77.5 Å². The molecule has 2 amide bonds. The first kappa shape index (κ1) is 31.4. The topological polar surface area (TPSA) is 142 Å². The van der Waals surface area contributed by atoms with Gasteiger partial charge in [-0.15, -0.1) is 0 Å². The quantitative estimate of drug-likeness (QED) is 0.284. The molecule has 4 rings (SSSR count). The molecule has 1 fully saturated rings. The Kier molecular flexibility index (Phi) is 11.7. The Morgan fingerprint density at radius 1 is 1.17 bits per heavy atom. The van der Waals surface area contributed by atoms with Crippen LogP contribution in [0.25, 0.3) is 0 Å². The minimum Gasteiger partial charge on any atom is -0.480 e. The lowest BCUT2D eigenvalue weighted by Gasteiger charge is -2.39. The molecule has 1 saturated heterocycles. The molecule has 3 atom stereocenters. The highest BCUT2D eigenvalue weighted by Crippen LogP contribution is 2.20. The smallest absolute Gasteiger partial charge is 0.326 e. The van der Waals surface area contributed by atoms with Crippen LogP contribution in [0.2, 0.25) is 0 Å². The van der Waals surface area contributed by atoms with Crippen molar-refractivity contribution in [3.8, 4) is 5.88 Å². The summed E-state index contributed by atoms with van der Waals surface area (Å²) in [5.74, 6) is 0.423. The van der Waals surface area contributed by atoms with Gasteiger partial charge in [0.25, 0.3) is 0 Å². The van der Waals surface area contributed by atoms with Gasteiger partial charge in [-0.25, -0.2) is 19.6 Å². The highest BCUT2D eigenvalue weighted by atomic mass is 16.5. The van der Waals surface area contributed by atoms with Crippen molar-refractivity contribution in [2.45, 2.75) is 77.4 Å². The zero-order chi connectivity index (χ0) is 29.9. The fraction of sp³-hybridized carbons (Fsp3) is 0.633. The molecule has 0 bridgehead atoms. The minimum absolute atomic E-state index is 0.123. The molecule has 4 heterocycles. The molecular weight excluding hydrogens is 538 g/mol. The van der Waals surface area contributed by atoms with Crippen LogP contribution in [-0.4, -0.2) is 106 Å². The number of ether oxygens (including phenoxy) is 2. The largest absolute Gasteiger partial charge is 0.480 e. The van der Waals surface area contributed by atoms with Gasteiger partial charge in [-0.3, -0.25) is 9.88 Å². The fourth-order valence-corrected chi connectivity index (χ4v) is 5.42. The van der Waals surface area contributed by atoms with Crippen molar-refractivity contribution in [2.75, 3.05) is 51.3 Å². The van der Waals surface area contributed by atoms with Crippen molar-refractivity contribution in [1.82, 2.24) is 30.1 Å². The Bertz CT molecular complexity index is 1160. The van der Waals surface area contributed by atoms with Gasteiger partial charge in [-0.2, -0.15) is 0 Å². The number of hydrogen-bond acceptors (Lipinski definition) is 9. The molecule has 2 aromatic heterocycles. The van der Waals surface area contributed by atoms with E-state index in [1.54, 1.807) is 17.3 Å². The number of carbonyl (C=O) groups excluding carboxylic acids is 1. The Labute approximate surface area is 248 Å². The lowest BCUT2D eigenvalue weighted by molar-refractivity contribution is -0.139. The highest BCUT2D eigenvalue weighted by Gasteiger charge is 2.32. The number of rotatable bonds is 14. The molecule has 2 aromatic rings. The number of carboxylic acids is 1. The number of pyridine rings is 1. The second kappa shape index (κ2) is 15.6. The fourth-order valence-electron chi connectivity index (χ4n) is 5.42. The van der Waals surface area contributed by atoms with Gasteiger partial charge < -0.3 is 30.1 Å². The van der Waals surface area contributed by atoms with Crippen LogP contribution in [0.3, 0.4) is 0 Å². The normalized spacial score (nSPS) is 19.1. The van der Waals surface area contributed by atoms with Crippen molar-refractivity contribution in [3.63, 3.8) is 0 Å². The summed E-state index contributed by atoms with van der Waals surface area (Å²) in [6.07, 6.45) is 8.50. The second-order valence-electron chi connectivity index (χ2n) is 11.3. The van der Waals surface area contributed by atoms with E-state index in [0.717, 1.165) is 62.4 Å². The predicted octanol–water partition coefficient (Wildman–Crippen LogP) is 2.90. The average molecular weight is 584 g/mol. The molecule has 12 heteroatoms. The molecule has 0 radical (unpaired) electrons. The average Bonchev–Trinajstić information content (AvgIpc) is 2.97. The number of carboxylic acid groups (broad SMARTS) is 1. The summed E-state index contributed by atoms with van der Waals surface area (Å²) in [4.78, 5) is 42.2. The maximum atomic E-state index is 13.0. The molecule has 3 unspecified atom stereocenters. The SMILES string of the molecule is Cc1cnc(OCCN(CCCCc2ccc3c(n2)NCCC3)CCC(NC(=O)N2C(C)COCC2C)C(=O)O)cn1. The molecule has 0 aliphatic carbocycles. The standard InChI is InChI=1S/C30H45N7O5/c1-21-17-33-27(18-32-21)42-16-15-36(13-5-4-8-25-10-9-24-7-6-12-31-28(24)34-25)14-11-26(29(38)39)35-30(40)37-22(2)19-41-20-23(37)3/h9-10,17-18,22-23,26H,4-8,11-16,19-20H2,1-3H3,(H,31,34)(H,35,40)(H,38,39). The Hall–Kier alpha value is -3.51. The van der Waals surface area contributed by atoms with Crippen LogP contribution in [0.15, 0.2) is 24.5 Å². The molecule has 0 aromatic carbocycles. The third-order valence-electron chi connectivity index (χ3n) is 7.76. The number of fused-ring (bicyclic) bond motifs is 1. The van der Waals surface area contributed by atoms with Crippen LogP contribution in [0.5, 0.6) is 5.88 Å². The Balaban J connectivity index is 1.30. The Morgan fingerprint density at radius 3 is 2.71 bits per heavy atom. The number of aliphatic carboxylic acids is 1. The summed E-state index contributed by atoms with van der Waals surface area (Å²) in [5, 5.41) is 16.0. The Morgan fingerprint density at radius 2 is 1.98 bits per heavy atom. The number of nitrogens with one attached hydrogen (secondary N) is 2. The van der Waals surface area contributed by atoms with Gasteiger partial charge in [0.15, 0.2) is 0 Å². The van der Waals surface area contributed by atoms with E-state index >= 15 is 0 Å². The monoisotopic (exact) mass is 583 g/mol. The van der Waals surface area contributed by atoms with Gasteiger partial charge in [0.05, 0.1) is 43.4 Å². The van der Waals surface area contributed by atoms with E-state index in [9.17, 15) is 14.7 Å². The molecule has 42 heavy (non-hydrogen) atoms. The third-order valence-corrected chi connectivity index (χ3v) is 7.76. The maximum Gasteiger partial charge on any atom is 0.326 e. The summed E-state index contributed by atoms with van der Waals surface area (Å²) in [6, 6.07) is 2.68. The predicted molar refractivity (Wildman–Crippen MR) is 159 cm³/mol. The minimum atomic E-state index is -1.05.